The van der Waals surface area contributed by atoms with Crippen LogP contribution in [0.2, 0.25) is 0 Å². The van der Waals surface area contributed by atoms with Gasteiger partial charge in [-0.3, -0.25) is 4.79 Å². The van der Waals surface area contributed by atoms with Crippen LogP contribution < -0.4 is 19.9 Å². The number of aliphatic hydroxyl groups excluding tert-OH is 1. The third kappa shape index (κ3) is 4.50. The molecule has 5 rings (SSSR count). The third-order valence-electron chi connectivity index (χ3n) is 6.58. The third-order valence-corrected chi connectivity index (χ3v) is 6.58. The van der Waals surface area contributed by atoms with E-state index in [1.54, 1.807) is 0 Å². The van der Waals surface area contributed by atoms with Gasteiger partial charge in [0.1, 0.15) is 23.8 Å². The van der Waals surface area contributed by atoms with Crippen molar-refractivity contribution >= 4 is 23.4 Å². The Kier molecular flexibility index (Phi) is 5.87. The molecule has 2 N–H and O–H groups in total. The highest BCUT2D eigenvalue weighted by Crippen LogP contribution is 2.30. The van der Waals surface area contributed by atoms with Gasteiger partial charge in [0.05, 0.1) is 0 Å². The number of aryl methyl sites for hydroxylation is 2. The van der Waals surface area contributed by atoms with Crippen molar-refractivity contribution in [2.45, 2.75) is 57.7 Å². The Labute approximate surface area is 188 Å². The van der Waals surface area contributed by atoms with Crippen molar-refractivity contribution in [3.63, 3.8) is 0 Å². The number of nitrogens with zero attached hydrogens (tertiary/aromatic N) is 4. The maximum Gasteiger partial charge on any atom is 0.227 e. The van der Waals surface area contributed by atoms with Crippen LogP contribution in [0.4, 0.5) is 17.5 Å². The number of ether oxygens (including phenoxy) is 1. The molecule has 2 aromatic rings. The molecule has 0 aliphatic carbocycles. The average molecular weight is 438 g/mol. The number of nitrogens with one attached hydrogen (secondary N) is 1. The Hall–Kier alpha value is -2.87. The number of rotatable bonds is 4. The molecule has 4 heterocycles. The predicted octanol–water partition coefficient (Wildman–Crippen LogP) is 2.68. The molecule has 0 spiro atoms. The summed E-state index contributed by atoms with van der Waals surface area (Å²) in [5, 5.41) is 13.7. The Morgan fingerprint density at radius 2 is 1.91 bits per heavy atom. The monoisotopic (exact) mass is 437 g/mol. The number of carbonyl (C=O) groups is 1. The summed E-state index contributed by atoms with van der Waals surface area (Å²) in [5.41, 5.74) is 2.88. The molecule has 3 aliphatic rings. The second-order valence-corrected chi connectivity index (χ2v) is 9.04. The normalized spacial score (nSPS) is 23.5. The second-order valence-electron chi connectivity index (χ2n) is 9.04. The van der Waals surface area contributed by atoms with Crippen molar-refractivity contribution in [2.75, 3.05) is 41.3 Å². The minimum absolute atomic E-state index is 0.0343. The summed E-state index contributed by atoms with van der Waals surface area (Å²) >= 11 is 0. The van der Waals surface area contributed by atoms with Crippen LogP contribution >= 0.6 is 0 Å². The lowest BCUT2D eigenvalue weighted by molar-refractivity contribution is -0.116. The fourth-order valence-electron chi connectivity index (χ4n) is 4.79. The van der Waals surface area contributed by atoms with Crippen LogP contribution in [0.3, 0.4) is 0 Å². The number of carbonyl (C=O) groups excluding carboxylic acids is 1. The average Bonchev–Trinajstić information content (AvgIpc) is 2.80. The molecule has 0 radical (unpaired) electrons. The SMILES string of the molecule is Cc1cc(N2CC[C@@H](Oc3ccc4c(c3)NC(=O)CC4)[C@H](O)C2)nc(N2CCCCC2)n1. The van der Waals surface area contributed by atoms with Crippen LogP contribution in [0.1, 0.15) is 43.4 Å². The van der Waals surface area contributed by atoms with Gasteiger partial charge >= 0.3 is 0 Å². The number of hydrogen-bond donors (Lipinski definition) is 2. The first-order valence-electron chi connectivity index (χ1n) is 11.7. The summed E-state index contributed by atoms with van der Waals surface area (Å²) < 4.78 is 6.13. The zero-order chi connectivity index (χ0) is 22.1. The number of hydrogen-bond acceptors (Lipinski definition) is 7. The molecule has 32 heavy (non-hydrogen) atoms. The number of piperidine rings is 2. The summed E-state index contributed by atoms with van der Waals surface area (Å²) in [7, 11) is 0. The van der Waals surface area contributed by atoms with Crippen molar-refractivity contribution < 1.29 is 14.6 Å². The molecule has 8 nitrogen and oxygen atoms in total. The number of fused-ring (bicyclic) bond motifs is 1. The number of aliphatic hydroxyl groups is 1. The molecule has 3 aliphatic heterocycles. The molecule has 0 bridgehead atoms. The Bertz CT molecular complexity index is 992. The summed E-state index contributed by atoms with van der Waals surface area (Å²) in [4.78, 5) is 25.6. The van der Waals surface area contributed by atoms with Gasteiger partial charge in [0.15, 0.2) is 0 Å². The van der Waals surface area contributed by atoms with E-state index in [4.69, 9.17) is 9.72 Å². The molecule has 1 amide bonds. The number of amides is 1. The molecule has 2 fully saturated rings. The standard InChI is InChI=1S/C24H31N5O3/c1-16-13-22(27-24(25-16)28-10-3-2-4-11-28)29-12-9-21(20(30)15-29)32-18-7-5-17-6-8-23(31)26-19(17)14-18/h5,7,13-14,20-21,30H,2-4,6,8-12,15H2,1H3,(H,26,31)/t20-,21-/m1/s1. The van der Waals surface area contributed by atoms with E-state index in [0.29, 0.717) is 25.1 Å². The summed E-state index contributed by atoms with van der Waals surface area (Å²) in [6.45, 7) is 5.21. The minimum Gasteiger partial charge on any atom is -0.488 e. The number of aromatic nitrogens is 2. The van der Waals surface area contributed by atoms with E-state index in [9.17, 15) is 9.90 Å². The topological polar surface area (TPSA) is 90.8 Å². The van der Waals surface area contributed by atoms with Crippen molar-refractivity contribution in [3.8, 4) is 5.75 Å². The van der Waals surface area contributed by atoms with E-state index < -0.39 is 6.10 Å². The lowest BCUT2D eigenvalue weighted by atomic mass is 10.0. The zero-order valence-corrected chi connectivity index (χ0v) is 18.6. The van der Waals surface area contributed by atoms with Crippen LogP contribution in [-0.2, 0) is 11.2 Å². The lowest BCUT2D eigenvalue weighted by Gasteiger charge is -2.37. The second kappa shape index (κ2) is 8.94. The fraction of sp³-hybridized carbons (Fsp3) is 0.542. The Morgan fingerprint density at radius 3 is 2.72 bits per heavy atom. The smallest absolute Gasteiger partial charge is 0.227 e. The van der Waals surface area contributed by atoms with E-state index in [-0.39, 0.29) is 12.0 Å². The highest BCUT2D eigenvalue weighted by atomic mass is 16.5. The van der Waals surface area contributed by atoms with Gasteiger partial charge in [0.25, 0.3) is 0 Å². The molecule has 0 unspecified atom stereocenters. The van der Waals surface area contributed by atoms with Gasteiger partial charge in [-0.1, -0.05) is 6.07 Å². The zero-order valence-electron chi connectivity index (χ0n) is 18.6. The van der Waals surface area contributed by atoms with E-state index in [2.05, 4.69) is 20.1 Å². The van der Waals surface area contributed by atoms with E-state index in [0.717, 1.165) is 54.8 Å². The first-order chi connectivity index (χ1) is 15.5. The number of benzene rings is 1. The van der Waals surface area contributed by atoms with E-state index in [1.165, 1.54) is 19.3 Å². The highest BCUT2D eigenvalue weighted by Gasteiger charge is 2.31. The van der Waals surface area contributed by atoms with Crippen molar-refractivity contribution in [3.05, 3.63) is 35.5 Å². The van der Waals surface area contributed by atoms with Gasteiger partial charge in [-0.25, -0.2) is 4.98 Å². The quantitative estimate of drug-likeness (QED) is 0.760. The molecule has 0 saturated carbocycles. The van der Waals surface area contributed by atoms with Gasteiger partial charge in [0, 0.05) is 62.5 Å². The van der Waals surface area contributed by atoms with Crippen molar-refractivity contribution in [1.29, 1.82) is 0 Å². The van der Waals surface area contributed by atoms with E-state index >= 15 is 0 Å². The summed E-state index contributed by atoms with van der Waals surface area (Å²) in [5.74, 6) is 2.37. The number of anilines is 3. The predicted molar refractivity (Wildman–Crippen MR) is 123 cm³/mol. The Morgan fingerprint density at radius 1 is 1.06 bits per heavy atom. The Balaban J connectivity index is 1.25. The fourth-order valence-corrected chi connectivity index (χ4v) is 4.79. The van der Waals surface area contributed by atoms with Gasteiger partial charge in [-0.15, -0.1) is 0 Å². The first kappa shape index (κ1) is 21.0. The maximum absolute atomic E-state index is 11.7. The van der Waals surface area contributed by atoms with Crippen LogP contribution in [0.25, 0.3) is 0 Å². The number of β-amino-alcohol motifs (C(OH)–C–C–N with tert-alkyl or cyclic N) is 1. The van der Waals surface area contributed by atoms with Crippen LogP contribution in [0.15, 0.2) is 24.3 Å². The largest absolute Gasteiger partial charge is 0.488 e. The van der Waals surface area contributed by atoms with Crippen molar-refractivity contribution in [1.82, 2.24) is 9.97 Å². The summed E-state index contributed by atoms with van der Waals surface area (Å²) in [6.07, 6.45) is 4.65. The van der Waals surface area contributed by atoms with Gasteiger partial charge < -0.3 is 25.0 Å². The molecule has 2 saturated heterocycles. The van der Waals surface area contributed by atoms with Crippen LogP contribution in [0.5, 0.6) is 5.75 Å². The molecule has 1 aromatic heterocycles. The molecular formula is C24H31N5O3. The molecule has 1 aromatic carbocycles. The van der Waals surface area contributed by atoms with Crippen LogP contribution in [-0.4, -0.2) is 59.4 Å². The van der Waals surface area contributed by atoms with Crippen molar-refractivity contribution in [2.24, 2.45) is 0 Å². The van der Waals surface area contributed by atoms with E-state index in [1.807, 2.05) is 31.2 Å². The van der Waals surface area contributed by atoms with Crippen LogP contribution in [0, 0.1) is 6.92 Å². The maximum atomic E-state index is 11.7. The van der Waals surface area contributed by atoms with Gasteiger partial charge in [-0.05, 0) is 44.2 Å². The lowest BCUT2D eigenvalue weighted by Crippen LogP contribution is -2.49. The van der Waals surface area contributed by atoms with Gasteiger partial charge in [0.2, 0.25) is 11.9 Å². The highest BCUT2D eigenvalue weighted by molar-refractivity contribution is 5.94. The molecule has 8 heteroatoms. The first-order valence-corrected chi connectivity index (χ1v) is 11.7. The molecule has 2 atom stereocenters. The summed E-state index contributed by atoms with van der Waals surface area (Å²) in [6, 6.07) is 7.78. The minimum atomic E-state index is -0.636. The molecule has 170 valence electrons. The molecular weight excluding hydrogens is 406 g/mol. The van der Waals surface area contributed by atoms with Gasteiger partial charge in [-0.2, -0.15) is 4.98 Å².